The quantitative estimate of drug-likeness (QED) is 0.614. The van der Waals surface area contributed by atoms with Crippen LogP contribution in [0, 0.1) is 10.1 Å². The average Bonchev–Trinajstić information content (AvgIpc) is 3.21. The smallest absolute Gasteiger partial charge is 0.269 e. The molecule has 2 aliphatic rings. The minimum absolute atomic E-state index is 0.0330. The van der Waals surface area contributed by atoms with Gasteiger partial charge in [-0.25, -0.2) is 0 Å². The molecular weight excluding hydrogens is 336 g/mol. The predicted octanol–water partition coefficient (Wildman–Crippen LogP) is 3.97. The van der Waals surface area contributed by atoms with E-state index in [1.165, 1.54) is 0 Å². The Labute approximate surface area is 150 Å². The Kier molecular flexibility index (Phi) is 4.17. The average molecular weight is 354 g/mol. The van der Waals surface area contributed by atoms with Crippen LogP contribution in [-0.2, 0) is 0 Å². The van der Waals surface area contributed by atoms with E-state index >= 15 is 0 Å². The van der Waals surface area contributed by atoms with E-state index in [2.05, 4.69) is 16.8 Å². The molecular formula is C18H18N4O2S. The van der Waals surface area contributed by atoms with E-state index in [-0.39, 0.29) is 22.7 Å². The van der Waals surface area contributed by atoms with E-state index in [0.717, 1.165) is 28.6 Å². The Morgan fingerprint density at radius 2 is 2.08 bits per heavy atom. The van der Waals surface area contributed by atoms with Gasteiger partial charge >= 0.3 is 0 Å². The van der Waals surface area contributed by atoms with Crippen LogP contribution in [0.5, 0.6) is 0 Å². The number of hydrogen-bond acceptors (Lipinski definition) is 6. The van der Waals surface area contributed by atoms with Gasteiger partial charge in [-0.05, 0) is 24.1 Å². The summed E-state index contributed by atoms with van der Waals surface area (Å²) in [4.78, 5) is 22.4. The normalized spacial score (nSPS) is 24.9. The summed E-state index contributed by atoms with van der Waals surface area (Å²) in [6.45, 7) is 2.19. The number of nitrogens with zero attached hydrogens (tertiary/aromatic N) is 4. The number of amidine groups is 1. The van der Waals surface area contributed by atoms with Crippen molar-refractivity contribution in [3.8, 4) is 0 Å². The molecule has 6 nitrogen and oxygen atoms in total. The van der Waals surface area contributed by atoms with Crippen LogP contribution in [0.3, 0.4) is 0 Å². The van der Waals surface area contributed by atoms with Gasteiger partial charge in [0.15, 0.2) is 5.17 Å². The molecule has 0 unspecified atom stereocenters. The van der Waals surface area contributed by atoms with Crippen LogP contribution in [0.2, 0.25) is 0 Å². The lowest BCUT2D eigenvalue weighted by Crippen LogP contribution is -2.35. The molecule has 1 aromatic carbocycles. The molecule has 1 fully saturated rings. The number of nitro benzene ring substituents is 1. The third-order valence-corrected chi connectivity index (χ3v) is 5.90. The minimum atomic E-state index is -0.364. The van der Waals surface area contributed by atoms with Gasteiger partial charge in [0, 0.05) is 30.1 Å². The van der Waals surface area contributed by atoms with Gasteiger partial charge in [-0.1, -0.05) is 36.9 Å². The Bertz CT molecular complexity index is 810. The maximum atomic E-state index is 11.0. The molecule has 4 rings (SSSR count). The fraction of sp³-hybridized carbons (Fsp3) is 0.333. The summed E-state index contributed by atoms with van der Waals surface area (Å²) in [5, 5.41) is 12.0. The van der Waals surface area contributed by atoms with Gasteiger partial charge < -0.3 is 4.90 Å². The van der Waals surface area contributed by atoms with Gasteiger partial charge in [0.05, 0.1) is 16.7 Å². The molecule has 1 aromatic heterocycles. The Morgan fingerprint density at radius 1 is 1.28 bits per heavy atom. The maximum absolute atomic E-state index is 11.0. The summed E-state index contributed by atoms with van der Waals surface area (Å²) in [5.74, 6) is 1.04. The predicted molar refractivity (Wildman–Crippen MR) is 98.6 cm³/mol. The van der Waals surface area contributed by atoms with Crippen molar-refractivity contribution in [1.82, 2.24) is 9.88 Å². The minimum Gasteiger partial charge on any atom is -0.338 e. The van der Waals surface area contributed by atoms with Crippen molar-refractivity contribution in [3.63, 3.8) is 0 Å². The number of aromatic nitrogens is 1. The monoisotopic (exact) mass is 354 g/mol. The van der Waals surface area contributed by atoms with Gasteiger partial charge in [-0.2, -0.15) is 0 Å². The molecule has 3 atom stereocenters. The zero-order chi connectivity index (χ0) is 17.4. The van der Waals surface area contributed by atoms with E-state index in [0.29, 0.717) is 6.04 Å². The Hall–Kier alpha value is -2.41. The molecule has 0 saturated carbocycles. The lowest BCUT2D eigenvalue weighted by Gasteiger charge is -2.31. The number of hydrogen-bond donors (Lipinski definition) is 0. The van der Waals surface area contributed by atoms with E-state index < -0.39 is 0 Å². The van der Waals surface area contributed by atoms with Gasteiger partial charge in [0.1, 0.15) is 6.04 Å². The molecule has 0 amide bonds. The standard InChI is InChI=1S/C18H18N4O2S/c1-2-13-11-25-18-20-16(15-5-3-4-10-19-15)17(21(13)18)12-6-8-14(9-7-12)22(23)24/h3-10,13,16-17H,2,11H2,1H3/t13-,16+,17+/m1/s1. The highest BCUT2D eigenvalue weighted by Gasteiger charge is 2.45. The van der Waals surface area contributed by atoms with Crippen molar-refractivity contribution in [2.24, 2.45) is 4.99 Å². The fourth-order valence-electron chi connectivity index (χ4n) is 3.50. The van der Waals surface area contributed by atoms with E-state index in [1.54, 1.807) is 30.1 Å². The summed E-state index contributed by atoms with van der Waals surface area (Å²) in [6.07, 6.45) is 2.83. The van der Waals surface area contributed by atoms with Crippen LogP contribution in [-0.4, -0.2) is 31.8 Å². The molecule has 2 aromatic rings. The zero-order valence-corrected chi connectivity index (χ0v) is 14.6. The third kappa shape index (κ3) is 2.78. The highest BCUT2D eigenvalue weighted by Crippen LogP contribution is 2.48. The van der Waals surface area contributed by atoms with Crippen LogP contribution in [0.1, 0.15) is 36.7 Å². The van der Waals surface area contributed by atoms with Crippen LogP contribution >= 0.6 is 11.8 Å². The third-order valence-electron chi connectivity index (χ3n) is 4.77. The van der Waals surface area contributed by atoms with Crippen molar-refractivity contribution in [2.45, 2.75) is 31.5 Å². The molecule has 3 heterocycles. The van der Waals surface area contributed by atoms with Gasteiger partial charge in [-0.3, -0.25) is 20.1 Å². The van der Waals surface area contributed by atoms with Crippen LogP contribution in [0.15, 0.2) is 53.7 Å². The van der Waals surface area contributed by atoms with E-state index in [4.69, 9.17) is 4.99 Å². The number of rotatable bonds is 4. The van der Waals surface area contributed by atoms with E-state index in [9.17, 15) is 10.1 Å². The molecule has 1 saturated heterocycles. The molecule has 0 bridgehead atoms. The summed E-state index contributed by atoms with van der Waals surface area (Å²) >= 11 is 1.79. The number of thioether (sulfide) groups is 1. The maximum Gasteiger partial charge on any atom is 0.269 e. The number of non-ortho nitro benzene ring substituents is 1. The SMILES string of the molecule is CC[C@@H]1CSC2=N[C@@H](c3ccccn3)[C@H](c3ccc([N+](=O)[O-])cc3)N21. The summed E-state index contributed by atoms with van der Waals surface area (Å²) < 4.78 is 0. The van der Waals surface area contributed by atoms with Crippen molar-refractivity contribution < 1.29 is 4.92 Å². The second-order valence-electron chi connectivity index (χ2n) is 6.18. The lowest BCUT2D eigenvalue weighted by molar-refractivity contribution is -0.384. The summed E-state index contributed by atoms with van der Waals surface area (Å²) in [6, 6.07) is 13.1. The number of nitro groups is 1. The molecule has 0 radical (unpaired) electrons. The molecule has 25 heavy (non-hydrogen) atoms. The highest BCUT2D eigenvalue weighted by atomic mass is 32.2. The lowest BCUT2D eigenvalue weighted by atomic mass is 9.95. The van der Waals surface area contributed by atoms with E-state index in [1.807, 2.05) is 30.3 Å². The first-order chi connectivity index (χ1) is 12.2. The van der Waals surface area contributed by atoms with Crippen LogP contribution < -0.4 is 0 Å². The molecule has 0 N–H and O–H groups in total. The fourth-order valence-corrected chi connectivity index (χ4v) is 4.84. The Balaban J connectivity index is 1.76. The van der Waals surface area contributed by atoms with Gasteiger partial charge in [0.25, 0.3) is 5.69 Å². The topological polar surface area (TPSA) is 71.6 Å². The first-order valence-corrected chi connectivity index (χ1v) is 9.32. The molecule has 0 spiro atoms. The summed E-state index contributed by atoms with van der Waals surface area (Å²) in [7, 11) is 0. The van der Waals surface area contributed by atoms with Gasteiger partial charge in [0.2, 0.25) is 0 Å². The number of aliphatic imine (C=N–C) groups is 1. The first kappa shape index (κ1) is 16.1. The van der Waals surface area contributed by atoms with Crippen molar-refractivity contribution in [2.75, 3.05) is 5.75 Å². The first-order valence-electron chi connectivity index (χ1n) is 8.33. The van der Waals surface area contributed by atoms with Crippen molar-refractivity contribution >= 4 is 22.6 Å². The number of pyridine rings is 1. The van der Waals surface area contributed by atoms with Gasteiger partial charge in [-0.15, -0.1) is 0 Å². The number of benzene rings is 1. The van der Waals surface area contributed by atoms with Crippen molar-refractivity contribution in [3.05, 3.63) is 70.0 Å². The van der Waals surface area contributed by atoms with Crippen molar-refractivity contribution in [1.29, 1.82) is 0 Å². The van der Waals surface area contributed by atoms with Crippen LogP contribution in [0.4, 0.5) is 5.69 Å². The number of fused-ring (bicyclic) bond motifs is 1. The van der Waals surface area contributed by atoms with Crippen LogP contribution in [0.25, 0.3) is 0 Å². The Morgan fingerprint density at radius 3 is 2.72 bits per heavy atom. The molecule has 128 valence electrons. The highest BCUT2D eigenvalue weighted by molar-refractivity contribution is 8.14. The summed E-state index contributed by atoms with van der Waals surface area (Å²) in [5.41, 5.74) is 2.09. The molecule has 0 aliphatic carbocycles. The second-order valence-corrected chi connectivity index (χ2v) is 7.17. The largest absolute Gasteiger partial charge is 0.338 e. The molecule has 2 aliphatic heterocycles. The second kappa shape index (κ2) is 6.48. The zero-order valence-electron chi connectivity index (χ0n) is 13.8. The molecule has 7 heteroatoms.